The minimum absolute atomic E-state index is 0.190. The molecule has 31 heavy (non-hydrogen) atoms. The predicted octanol–water partition coefficient (Wildman–Crippen LogP) is 1.38. The summed E-state index contributed by atoms with van der Waals surface area (Å²) in [6, 6.07) is 14.4. The number of carbonyl (C=O) groups excluding carboxylic acids is 2. The smallest absolute Gasteiger partial charge is 0.253 e. The summed E-state index contributed by atoms with van der Waals surface area (Å²) in [4.78, 5) is 26.5. The molecule has 1 fully saturated rings. The number of quaternary nitrogens is 1. The molecule has 2 aromatic rings. The number of anilines is 1. The summed E-state index contributed by atoms with van der Waals surface area (Å²) < 4.78 is 10.6. The first-order valence-electron chi connectivity index (χ1n) is 10.6. The molecule has 2 aromatic carbocycles. The molecule has 0 saturated carbocycles. The molecule has 7 nitrogen and oxygen atoms in total. The van der Waals surface area contributed by atoms with Crippen LogP contribution < -0.4 is 20.3 Å². The van der Waals surface area contributed by atoms with E-state index in [1.165, 1.54) is 11.0 Å². The quantitative estimate of drug-likeness (QED) is 0.420. The summed E-state index contributed by atoms with van der Waals surface area (Å²) in [6.07, 6.45) is 4.04. The average molecular weight is 425 g/mol. The van der Waals surface area contributed by atoms with E-state index < -0.39 is 0 Å². The van der Waals surface area contributed by atoms with E-state index in [2.05, 4.69) is 10.6 Å². The minimum atomic E-state index is -0.306. The highest BCUT2D eigenvalue weighted by atomic mass is 16.5. The third-order valence-electron chi connectivity index (χ3n) is 5.14. The Balaban J connectivity index is 1.52. The lowest BCUT2D eigenvalue weighted by Gasteiger charge is -2.23. The van der Waals surface area contributed by atoms with Crippen LogP contribution in [-0.2, 0) is 9.53 Å². The summed E-state index contributed by atoms with van der Waals surface area (Å²) >= 11 is 0. The van der Waals surface area contributed by atoms with Crippen molar-refractivity contribution in [3.63, 3.8) is 0 Å². The Morgan fingerprint density at radius 1 is 1.13 bits per heavy atom. The van der Waals surface area contributed by atoms with E-state index in [4.69, 9.17) is 9.47 Å². The number of para-hydroxylation sites is 1. The largest absolute Gasteiger partial charge is 0.497 e. The Morgan fingerprint density at radius 2 is 1.94 bits per heavy atom. The molecule has 3 N–H and O–H groups in total. The average Bonchev–Trinajstić information content (AvgIpc) is 2.81. The molecule has 0 unspecified atom stereocenters. The van der Waals surface area contributed by atoms with Crippen molar-refractivity contribution in [1.29, 1.82) is 0 Å². The first-order chi connectivity index (χ1) is 15.2. The number of benzene rings is 2. The molecule has 7 heteroatoms. The number of morpholine rings is 1. The van der Waals surface area contributed by atoms with Crippen molar-refractivity contribution >= 4 is 23.6 Å². The Morgan fingerprint density at radius 3 is 2.74 bits per heavy atom. The lowest BCUT2D eigenvalue weighted by atomic mass is 10.1. The van der Waals surface area contributed by atoms with Gasteiger partial charge in [-0.1, -0.05) is 24.3 Å². The van der Waals surface area contributed by atoms with Gasteiger partial charge in [-0.05, 0) is 35.9 Å². The van der Waals surface area contributed by atoms with Crippen molar-refractivity contribution in [1.82, 2.24) is 5.32 Å². The zero-order valence-electron chi connectivity index (χ0n) is 17.9. The zero-order valence-corrected chi connectivity index (χ0v) is 17.9. The lowest BCUT2D eigenvalue weighted by Crippen LogP contribution is -3.14. The number of ether oxygens (including phenoxy) is 2. The Labute approximate surface area is 183 Å². The van der Waals surface area contributed by atoms with Crippen LogP contribution in [0.5, 0.6) is 5.75 Å². The molecule has 0 aromatic heterocycles. The summed E-state index contributed by atoms with van der Waals surface area (Å²) in [5.41, 5.74) is 1.78. The number of methoxy groups -OCH3 is 1. The number of carbonyl (C=O) groups is 2. The molecule has 1 aliphatic rings. The highest BCUT2D eigenvalue weighted by Gasteiger charge is 2.14. The molecule has 0 atom stereocenters. The van der Waals surface area contributed by atoms with Crippen LogP contribution in [-0.4, -0.2) is 58.3 Å². The molecule has 0 aliphatic carbocycles. The summed E-state index contributed by atoms with van der Waals surface area (Å²) in [5, 5.41) is 5.75. The zero-order chi connectivity index (χ0) is 21.9. The fourth-order valence-electron chi connectivity index (χ4n) is 3.43. The van der Waals surface area contributed by atoms with Crippen molar-refractivity contribution in [2.75, 3.05) is 51.8 Å². The van der Waals surface area contributed by atoms with Crippen molar-refractivity contribution < 1.29 is 24.0 Å². The van der Waals surface area contributed by atoms with Gasteiger partial charge < -0.3 is 25.0 Å². The van der Waals surface area contributed by atoms with Crippen LogP contribution in [0.2, 0.25) is 0 Å². The molecule has 1 aliphatic heterocycles. The molecule has 0 radical (unpaired) electrons. The SMILES string of the molecule is COc1cccc(/C=C/C(=O)Nc2ccccc2C(=O)NCCC[NH+]2CCOCC2)c1. The second-order valence-electron chi connectivity index (χ2n) is 7.37. The van der Waals surface area contributed by atoms with Gasteiger partial charge in [-0.25, -0.2) is 0 Å². The Bertz CT molecular complexity index is 907. The van der Waals surface area contributed by atoms with Gasteiger partial charge in [0.05, 0.1) is 38.1 Å². The van der Waals surface area contributed by atoms with Crippen LogP contribution in [0.15, 0.2) is 54.6 Å². The number of hydrogen-bond acceptors (Lipinski definition) is 4. The molecule has 0 bridgehead atoms. The van der Waals surface area contributed by atoms with Crippen LogP contribution in [0.3, 0.4) is 0 Å². The van der Waals surface area contributed by atoms with Crippen LogP contribution in [0, 0.1) is 0 Å². The van der Waals surface area contributed by atoms with E-state index in [0.717, 1.165) is 50.6 Å². The molecular formula is C24H30N3O4+. The molecule has 164 valence electrons. The number of nitrogens with one attached hydrogen (secondary N) is 3. The molecule has 1 heterocycles. The third kappa shape index (κ3) is 7.24. The molecule has 2 amide bonds. The monoisotopic (exact) mass is 424 g/mol. The highest BCUT2D eigenvalue weighted by Crippen LogP contribution is 2.16. The van der Waals surface area contributed by atoms with Gasteiger partial charge in [0.25, 0.3) is 5.91 Å². The van der Waals surface area contributed by atoms with Gasteiger partial charge in [-0.2, -0.15) is 0 Å². The van der Waals surface area contributed by atoms with Gasteiger partial charge in [-0.15, -0.1) is 0 Å². The maximum absolute atomic E-state index is 12.6. The van der Waals surface area contributed by atoms with Crippen LogP contribution in [0.25, 0.3) is 6.08 Å². The highest BCUT2D eigenvalue weighted by molar-refractivity contribution is 6.07. The maximum atomic E-state index is 12.6. The Hall–Kier alpha value is -3.16. The number of rotatable bonds is 9. The van der Waals surface area contributed by atoms with Crippen molar-refractivity contribution in [3.05, 3.63) is 65.7 Å². The van der Waals surface area contributed by atoms with Crippen LogP contribution in [0.1, 0.15) is 22.3 Å². The van der Waals surface area contributed by atoms with Gasteiger partial charge in [0.15, 0.2) is 0 Å². The second kappa shape index (κ2) is 11.9. The standard InChI is InChI=1S/C24H29N3O4/c1-30-20-7-4-6-19(18-20)10-11-23(28)26-22-9-3-2-8-21(22)24(29)25-12-5-13-27-14-16-31-17-15-27/h2-4,6-11,18H,5,12-17H2,1H3,(H,25,29)(H,26,28)/p+1/b11-10+. The predicted molar refractivity (Wildman–Crippen MR) is 120 cm³/mol. The van der Waals surface area contributed by atoms with Crippen LogP contribution >= 0.6 is 0 Å². The topological polar surface area (TPSA) is 81.1 Å². The first-order valence-corrected chi connectivity index (χ1v) is 10.6. The third-order valence-corrected chi connectivity index (χ3v) is 5.14. The van der Waals surface area contributed by atoms with Gasteiger partial charge in [-0.3, -0.25) is 9.59 Å². The molecule has 1 saturated heterocycles. The van der Waals surface area contributed by atoms with Crippen molar-refractivity contribution in [2.45, 2.75) is 6.42 Å². The second-order valence-corrected chi connectivity index (χ2v) is 7.37. The minimum Gasteiger partial charge on any atom is -0.497 e. The van der Waals surface area contributed by atoms with E-state index in [1.54, 1.807) is 37.5 Å². The number of hydrogen-bond donors (Lipinski definition) is 3. The fourth-order valence-corrected chi connectivity index (χ4v) is 3.43. The Kier molecular flexibility index (Phi) is 8.63. The van der Waals surface area contributed by atoms with Gasteiger partial charge >= 0.3 is 0 Å². The van der Waals surface area contributed by atoms with Gasteiger partial charge in [0, 0.05) is 19.0 Å². The van der Waals surface area contributed by atoms with E-state index in [-0.39, 0.29) is 11.8 Å². The van der Waals surface area contributed by atoms with E-state index in [9.17, 15) is 9.59 Å². The lowest BCUT2D eigenvalue weighted by molar-refractivity contribution is -0.908. The van der Waals surface area contributed by atoms with Crippen LogP contribution in [0.4, 0.5) is 5.69 Å². The summed E-state index contributed by atoms with van der Waals surface area (Å²) in [6.45, 7) is 5.26. The van der Waals surface area contributed by atoms with E-state index in [0.29, 0.717) is 17.8 Å². The van der Waals surface area contributed by atoms with E-state index >= 15 is 0 Å². The molecule has 0 spiro atoms. The summed E-state index contributed by atoms with van der Waals surface area (Å²) in [7, 11) is 1.60. The normalized spacial score (nSPS) is 14.4. The first kappa shape index (κ1) is 22.5. The molecule has 3 rings (SSSR count). The molecular weight excluding hydrogens is 394 g/mol. The van der Waals surface area contributed by atoms with Gasteiger partial charge in [0.2, 0.25) is 5.91 Å². The van der Waals surface area contributed by atoms with Gasteiger partial charge in [0.1, 0.15) is 18.8 Å². The summed E-state index contributed by atoms with van der Waals surface area (Å²) in [5.74, 6) is 0.225. The fraction of sp³-hybridized carbons (Fsp3) is 0.333. The van der Waals surface area contributed by atoms with Crippen molar-refractivity contribution in [3.8, 4) is 5.75 Å². The number of amides is 2. The van der Waals surface area contributed by atoms with E-state index in [1.807, 2.05) is 24.3 Å². The van der Waals surface area contributed by atoms with Crippen molar-refractivity contribution in [2.24, 2.45) is 0 Å². The maximum Gasteiger partial charge on any atom is 0.253 e.